The van der Waals surface area contributed by atoms with E-state index < -0.39 is 51.9 Å². The molecule has 1 aromatic carbocycles. The topological polar surface area (TPSA) is 170 Å². The number of benzene rings is 1. The number of aliphatic hydroxyl groups is 3. The predicted octanol–water partition coefficient (Wildman–Crippen LogP) is -0.0661. The highest BCUT2D eigenvalue weighted by Crippen LogP contribution is 2.30. The Morgan fingerprint density at radius 3 is 2.43 bits per heavy atom. The summed E-state index contributed by atoms with van der Waals surface area (Å²) in [4.78, 5) is 24.5. The van der Waals surface area contributed by atoms with Gasteiger partial charge in [0.1, 0.15) is 29.6 Å². The fourth-order valence-corrected chi connectivity index (χ4v) is 3.22. The van der Waals surface area contributed by atoms with Gasteiger partial charge >= 0.3 is 5.97 Å². The summed E-state index contributed by atoms with van der Waals surface area (Å²) < 4.78 is 30.3. The number of hydrogen-bond donors (Lipinski definition) is 5. The molecule has 5 N–H and O–H groups in total. The maximum Gasteiger partial charge on any atom is 0.342 e. The molecule has 0 saturated heterocycles. The smallest absolute Gasteiger partial charge is 0.342 e. The van der Waals surface area contributed by atoms with Crippen molar-refractivity contribution in [1.29, 1.82) is 0 Å². The first-order valence-electron chi connectivity index (χ1n) is 8.87. The van der Waals surface area contributed by atoms with E-state index in [4.69, 9.17) is 4.74 Å². The third-order valence-corrected chi connectivity index (χ3v) is 4.82. The molecule has 1 aliphatic rings. The fraction of sp³-hybridized carbons (Fsp3) is 0.368. The van der Waals surface area contributed by atoms with E-state index >= 15 is 0 Å². The molecule has 164 valence electrons. The number of aliphatic hydroxyl groups excluding tert-OH is 3. The molecule has 0 unspecified atom stereocenters. The van der Waals surface area contributed by atoms with Crippen molar-refractivity contribution in [2.24, 2.45) is 0 Å². The molecular formula is C19H23NO9S. The Bertz CT molecular complexity index is 984. The molecule has 0 aromatic heterocycles. The van der Waals surface area contributed by atoms with Crippen LogP contribution in [0.4, 0.5) is 5.69 Å². The summed E-state index contributed by atoms with van der Waals surface area (Å²) in [6.45, 7) is 1.35. The van der Waals surface area contributed by atoms with Crippen molar-refractivity contribution in [3.05, 3.63) is 41.5 Å². The first-order chi connectivity index (χ1) is 13.9. The highest BCUT2D eigenvalue weighted by atomic mass is 32.2. The number of phenols is 1. The molecule has 0 spiro atoms. The quantitative estimate of drug-likeness (QED) is 0.394. The molecule has 1 aromatic rings. The number of ether oxygens (including phenoxy) is 1. The average molecular weight is 441 g/mol. The van der Waals surface area contributed by atoms with Gasteiger partial charge in [0.25, 0.3) is 0 Å². The Hall–Kier alpha value is -2.73. The lowest BCUT2D eigenvalue weighted by Crippen LogP contribution is -2.33. The maximum absolute atomic E-state index is 12.6. The Morgan fingerprint density at radius 1 is 1.13 bits per heavy atom. The normalized spacial score (nSPS) is 28.0. The van der Waals surface area contributed by atoms with Crippen LogP contribution in [0.1, 0.15) is 29.3 Å². The van der Waals surface area contributed by atoms with Crippen molar-refractivity contribution in [2.45, 2.75) is 37.8 Å². The number of hydrogen-bond acceptors (Lipinski definition) is 9. The molecule has 0 aliphatic carbocycles. The second-order valence-electron chi connectivity index (χ2n) is 6.85. The van der Waals surface area contributed by atoms with Crippen LogP contribution in [0.5, 0.6) is 5.75 Å². The lowest BCUT2D eigenvalue weighted by Gasteiger charge is -2.19. The van der Waals surface area contributed by atoms with Crippen molar-refractivity contribution in [2.75, 3.05) is 11.0 Å². The molecule has 30 heavy (non-hydrogen) atoms. The van der Waals surface area contributed by atoms with Gasteiger partial charge < -0.3 is 25.2 Å². The molecule has 4 atom stereocenters. The lowest BCUT2D eigenvalue weighted by atomic mass is 10.0. The van der Waals surface area contributed by atoms with Gasteiger partial charge in [0.2, 0.25) is 10.0 Å². The van der Waals surface area contributed by atoms with Crippen LogP contribution in [-0.2, 0) is 19.6 Å². The van der Waals surface area contributed by atoms with E-state index in [9.17, 15) is 38.4 Å². The van der Waals surface area contributed by atoms with Gasteiger partial charge in [-0.3, -0.25) is 9.52 Å². The number of sulfonamides is 1. The summed E-state index contributed by atoms with van der Waals surface area (Å²) in [7, 11) is -3.67. The van der Waals surface area contributed by atoms with E-state index in [1.165, 1.54) is 25.1 Å². The molecule has 1 heterocycles. The second-order valence-corrected chi connectivity index (χ2v) is 8.60. The van der Waals surface area contributed by atoms with E-state index in [-0.39, 0.29) is 23.2 Å². The minimum atomic E-state index is -3.67. The zero-order chi connectivity index (χ0) is 22.6. The first-order valence-corrected chi connectivity index (χ1v) is 10.8. The third-order valence-electron chi connectivity index (χ3n) is 4.22. The van der Waals surface area contributed by atoms with Gasteiger partial charge in [-0.25, -0.2) is 13.2 Å². The lowest BCUT2D eigenvalue weighted by molar-refractivity contribution is -0.127. The molecule has 2 rings (SSSR count). The number of nitrogens with one attached hydrogen (secondary N) is 1. The molecule has 0 bridgehead atoms. The van der Waals surface area contributed by atoms with Gasteiger partial charge in [-0.15, -0.1) is 0 Å². The van der Waals surface area contributed by atoms with Gasteiger partial charge in [-0.1, -0.05) is 12.2 Å². The summed E-state index contributed by atoms with van der Waals surface area (Å²) in [6, 6.07) is 2.28. The highest BCUT2D eigenvalue weighted by Gasteiger charge is 2.26. The van der Waals surface area contributed by atoms with E-state index in [1.54, 1.807) is 0 Å². The van der Waals surface area contributed by atoms with Crippen molar-refractivity contribution in [3.8, 4) is 5.75 Å². The molecule has 11 heteroatoms. The van der Waals surface area contributed by atoms with Crippen LogP contribution in [0, 0.1) is 0 Å². The van der Waals surface area contributed by atoms with Gasteiger partial charge in [0.15, 0.2) is 5.78 Å². The van der Waals surface area contributed by atoms with Crippen LogP contribution < -0.4 is 4.72 Å². The molecule has 0 amide bonds. The number of carbonyl (C=O) groups excluding carboxylic acids is 2. The zero-order valence-corrected chi connectivity index (χ0v) is 17.0. The fourth-order valence-electron chi connectivity index (χ4n) is 2.67. The number of fused-ring (bicyclic) bond motifs is 1. The number of anilines is 1. The van der Waals surface area contributed by atoms with E-state index in [0.717, 1.165) is 24.5 Å². The number of cyclic esters (lactones) is 1. The summed E-state index contributed by atoms with van der Waals surface area (Å²) in [5.74, 6) is -2.42. The van der Waals surface area contributed by atoms with Crippen molar-refractivity contribution in [1.82, 2.24) is 0 Å². The van der Waals surface area contributed by atoms with Crippen LogP contribution in [-0.4, -0.2) is 71.3 Å². The van der Waals surface area contributed by atoms with Gasteiger partial charge in [0.05, 0.1) is 18.0 Å². The second kappa shape index (κ2) is 9.39. The maximum atomic E-state index is 12.6. The van der Waals surface area contributed by atoms with Crippen molar-refractivity contribution < 1.29 is 43.2 Å². The van der Waals surface area contributed by atoms with Crippen LogP contribution in [0.25, 0.3) is 6.08 Å². The number of ketones is 1. The van der Waals surface area contributed by atoms with Gasteiger partial charge in [-0.05, 0) is 37.1 Å². The van der Waals surface area contributed by atoms with Crippen molar-refractivity contribution >= 4 is 33.5 Å². The van der Waals surface area contributed by atoms with Crippen LogP contribution in [0.3, 0.4) is 0 Å². The Morgan fingerprint density at radius 2 is 1.80 bits per heavy atom. The molecule has 0 radical (unpaired) electrons. The summed E-state index contributed by atoms with van der Waals surface area (Å²) in [5, 5.41) is 40.2. The van der Waals surface area contributed by atoms with Crippen LogP contribution in [0.2, 0.25) is 0 Å². The molecular weight excluding hydrogens is 418 g/mol. The Kier molecular flexibility index (Phi) is 7.37. The minimum absolute atomic E-state index is 0.0286. The third kappa shape index (κ3) is 6.13. The summed E-state index contributed by atoms with van der Waals surface area (Å²) >= 11 is 0. The molecule has 0 fully saturated rings. The predicted molar refractivity (Wildman–Crippen MR) is 107 cm³/mol. The average Bonchev–Trinajstić information content (AvgIpc) is 2.62. The number of esters is 1. The largest absolute Gasteiger partial charge is 0.507 e. The minimum Gasteiger partial charge on any atom is -0.507 e. The monoisotopic (exact) mass is 441 g/mol. The van der Waals surface area contributed by atoms with Crippen LogP contribution >= 0.6 is 0 Å². The summed E-state index contributed by atoms with van der Waals surface area (Å²) in [5.41, 5.74) is -0.274. The van der Waals surface area contributed by atoms with E-state index in [0.29, 0.717) is 0 Å². The van der Waals surface area contributed by atoms with Gasteiger partial charge in [0, 0.05) is 6.07 Å². The number of carbonyl (C=O) groups is 2. The molecule has 0 saturated carbocycles. The number of phenolic OH excluding ortho intramolecular Hbond substituents is 1. The first kappa shape index (κ1) is 23.5. The van der Waals surface area contributed by atoms with E-state index in [1.807, 2.05) is 0 Å². The Balaban J connectivity index is 2.55. The molecule has 1 aliphatic heterocycles. The van der Waals surface area contributed by atoms with Gasteiger partial charge in [-0.2, -0.15) is 0 Å². The van der Waals surface area contributed by atoms with Crippen LogP contribution in [0.15, 0.2) is 30.4 Å². The number of aromatic hydroxyl groups is 1. The number of rotatable bonds is 2. The standard InChI is InChI=1S/C19H23NO9S/c1-10-13(21)6-7-15(23)18(25)14(22)5-3-4-11-8-12(20-30(2,27)28)9-16(24)17(11)19(26)29-10/h3-4,6-10,13-14,18,20-22,24-25H,5H2,1-2H3/b4-3+,7-6-/t10-,13+,14-,18-/m0/s1. The Labute approximate surface area is 173 Å². The van der Waals surface area contributed by atoms with Crippen molar-refractivity contribution in [3.63, 3.8) is 0 Å². The molecule has 10 nitrogen and oxygen atoms in total. The highest BCUT2D eigenvalue weighted by molar-refractivity contribution is 7.92. The van der Waals surface area contributed by atoms with E-state index in [2.05, 4.69) is 4.72 Å². The SMILES string of the molecule is C[C@@H]1OC(=O)c2c(O)cc(NS(C)(=O)=O)cc2/C=C/C[C@H](O)[C@H](O)C(=O)/C=C\[C@H]1O. The summed E-state index contributed by atoms with van der Waals surface area (Å²) in [6.07, 6.45) is -0.511. The zero-order valence-electron chi connectivity index (χ0n) is 16.2.